The fourth-order valence-corrected chi connectivity index (χ4v) is 8.43. The summed E-state index contributed by atoms with van der Waals surface area (Å²) >= 11 is 0. The van der Waals surface area contributed by atoms with Gasteiger partial charge in [0.05, 0.1) is 29.6 Å². The predicted octanol–water partition coefficient (Wildman–Crippen LogP) is 2.78. The second-order valence-corrected chi connectivity index (χ2v) is 14.6. The molecule has 10 atom stereocenters. The molecule has 5 rings (SSSR count). The third-order valence-electron chi connectivity index (χ3n) is 11.4. The van der Waals surface area contributed by atoms with E-state index in [4.69, 9.17) is 29.4 Å². The average Bonchev–Trinajstić information content (AvgIpc) is 3.02. The van der Waals surface area contributed by atoms with E-state index in [-0.39, 0.29) is 76.6 Å². The molecule has 14 heteroatoms. The minimum absolute atomic E-state index is 0. The van der Waals surface area contributed by atoms with Crippen molar-refractivity contribution in [3.63, 3.8) is 0 Å². The van der Waals surface area contributed by atoms with E-state index >= 15 is 4.79 Å². The Bertz CT molecular complexity index is 1580. The Kier molecular flexibility index (Phi) is 12.6. The number of nitrogens with two attached hydrogens (primary N) is 1. The minimum Gasteiger partial charge on any atom is -0.480 e. The van der Waals surface area contributed by atoms with Gasteiger partial charge in [-0.3, -0.25) is 25.1 Å². The number of aliphatic hydroxyl groups excluding tert-OH is 1. The van der Waals surface area contributed by atoms with Crippen molar-refractivity contribution in [2.75, 3.05) is 6.61 Å². The van der Waals surface area contributed by atoms with Crippen LogP contribution in [0, 0.1) is 22.7 Å². The number of aliphatic hydroxyl groups is 2. The van der Waals surface area contributed by atoms with Gasteiger partial charge in [-0.05, 0) is 37.1 Å². The van der Waals surface area contributed by atoms with Gasteiger partial charge in [0.1, 0.15) is 23.9 Å². The van der Waals surface area contributed by atoms with Gasteiger partial charge in [-0.25, -0.2) is 4.79 Å². The molecule has 4 aliphatic rings. The molecule has 4 N–H and O–H groups in total. The predicted molar refractivity (Wildman–Crippen MR) is 178 cm³/mol. The summed E-state index contributed by atoms with van der Waals surface area (Å²) in [6.45, 7) is 11.5. The van der Waals surface area contributed by atoms with E-state index in [1.165, 1.54) is 32.9 Å². The van der Waals surface area contributed by atoms with Gasteiger partial charge in [0.15, 0.2) is 23.5 Å². The van der Waals surface area contributed by atoms with Crippen molar-refractivity contribution in [3.05, 3.63) is 53.0 Å². The van der Waals surface area contributed by atoms with Crippen molar-refractivity contribution < 1.29 is 90.6 Å². The van der Waals surface area contributed by atoms with Gasteiger partial charge in [0.25, 0.3) is 0 Å². The number of ether oxygens (including phenoxy) is 5. The summed E-state index contributed by atoms with van der Waals surface area (Å²) in [5.74, 6) is -5.19. The number of Topliss-reactive ketones (excluding diaryl/α,β-unsaturated/α-hetero) is 1. The molecule has 0 unspecified atom stereocenters. The van der Waals surface area contributed by atoms with E-state index in [1.54, 1.807) is 45.9 Å². The molecule has 1 aliphatic heterocycles. The Labute approximate surface area is 324 Å². The molecule has 279 valence electrons. The summed E-state index contributed by atoms with van der Waals surface area (Å²) in [4.78, 5) is 67.9. The Morgan fingerprint density at radius 1 is 1.04 bits per heavy atom. The van der Waals surface area contributed by atoms with Gasteiger partial charge in [0, 0.05) is 64.8 Å². The second kappa shape index (κ2) is 15.0. The van der Waals surface area contributed by atoms with Crippen LogP contribution in [0.3, 0.4) is 0 Å². The number of fused-ring (bicyclic) bond motifs is 5. The van der Waals surface area contributed by atoms with Crippen LogP contribution in [0.25, 0.3) is 0 Å². The first-order chi connectivity index (χ1) is 22.7. The van der Waals surface area contributed by atoms with Crippen LogP contribution in [0.15, 0.2) is 41.5 Å². The van der Waals surface area contributed by atoms with Gasteiger partial charge in [0.2, 0.25) is 0 Å². The number of hydrogen-bond acceptors (Lipinski definition) is 13. The number of rotatable bonds is 7. The van der Waals surface area contributed by atoms with Crippen LogP contribution in [0.1, 0.15) is 86.0 Å². The quantitative estimate of drug-likeness (QED) is 0.158. The van der Waals surface area contributed by atoms with Crippen LogP contribution in [0.5, 0.6) is 0 Å². The Hall–Kier alpha value is -2.68. The fraction of sp³-hybridized carbons (Fsp3) is 0.622. The molecule has 0 spiro atoms. The van der Waals surface area contributed by atoms with Crippen LogP contribution < -0.4 is 5.73 Å². The largest absolute Gasteiger partial charge is 0.480 e. The maximum absolute atomic E-state index is 15.2. The van der Waals surface area contributed by atoms with Crippen molar-refractivity contribution in [2.24, 2.45) is 22.5 Å². The molecule has 2 bridgehead atoms. The van der Waals surface area contributed by atoms with Crippen molar-refractivity contribution in [3.8, 4) is 0 Å². The zero-order chi connectivity index (χ0) is 36.4. The molecule has 0 amide bonds. The summed E-state index contributed by atoms with van der Waals surface area (Å²) in [5.41, 5.74) is -0.804. The van der Waals surface area contributed by atoms with E-state index in [0.29, 0.717) is 5.57 Å². The van der Waals surface area contributed by atoms with Crippen molar-refractivity contribution in [2.45, 2.75) is 123 Å². The molecule has 1 heterocycles. The molecule has 13 nitrogen and oxygen atoms in total. The summed E-state index contributed by atoms with van der Waals surface area (Å²) in [6.07, 6.45) is -7.52. The molecule has 1 aromatic carbocycles. The van der Waals surface area contributed by atoms with E-state index in [1.807, 2.05) is 0 Å². The first kappa shape index (κ1) is 42.7. The number of esters is 4. The molecule has 3 aliphatic carbocycles. The van der Waals surface area contributed by atoms with Crippen molar-refractivity contribution in [1.29, 1.82) is 0 Å². The van der Waals surface area contributed by atoms with Crippen LogP contribution in [0.2, 0.25) is 0 Å². The van der Waals surface area contributed by atoms with E-state index in [9.17, 15) is 29.4 Å². The van der Waals surface area contributed by atoms with E-state index in [0.717, 1.165) is 6.92 Å². The standard InChI is InChI=1S/C36H46NO12.CH4.Y/c1-17(19(3)37)31(42)47-23-15-36(44)30(48-32(43)22-12-10-9-11-13-22)28-34(8,24(40)14-25-35(28,16-45-25)49-21(5)39)29(41)27(46-20(4)38)26(18(23)2)33(36,6)7;;/h9-13,19,23-25,27-28,30,40,44H,14-16,37H2,1-8H3;1H4;/q-1;;/t19-,23-,24-,25+,27+,28-,30-,34+,35-,36+;;/m0../s1. The van der Waals surface area contributed by atoms with Crippen LogP contribution in [-0.2, 0) is 75.6 Å². The molecule has 3 fully saturated rings. The second-order valence-electron chi connectivity index (χ2n) is 14.6. The first-order valence-corrected chi connectivity index (χ1v) is 16.4. The van der Waals surface area contributed by atoms with Crippen molar-refractivity contribution >= 4 is 29.7 Å². The summed E-state index contributed by atoms with van der Waals surface area (Å²) < 4.78 is 29.9. The SMILES string of the molecule is C.CC(=O)O[C@H]1C(=O)[C@@]2(C)[C@H]([C@H](OC(=O)c3ccccc3)[C@]3(O)C[C@H](OC(=O)[C-](C)[C@H](C)N)C(C)=C1C3(C)C)[C@]1(OC(C)=O)CO[C@@H]1C[C@@H]2O.[Y]. The normalized spacial score (nSPS) is 35.3. The number of carbonyl (C=O) groups excluding carboxylic acids is 5. The van der Waals surface area contributed by atoms with Gasteiger partial charge in [-0.1, -0.05) is 52.4 Å². The molecule has 1 radical (unpaired) electrons. The number of carbonyl (C=O) groups is 5. The van der Waals surface area contributed by atoms with Gasteiger partial charge >= 0.3 is 17.9 Å². The fourth-order valence-electron chi connectivity index (χ4n) is 8.43. The molecule has 0 aromatic heterocycles. The molecular formula is C37H50NO12Y-. The van der Waals surface area contributed by atoms with Crippen LogP contribution >= 0.6 is 0 Å². The summed E-state index contributed by atoms with van der Waals surface area (Å²) in [5, 5.41) is 25.2. The third kappa shape index (κ3) is 6.71. The Morgan fingerprint density at radius 2 is 1.65 bits per heavy atom. The van der Waals surface area contributed by atoms with Gasteiger partial charge < -0.3 is 39.6 Å². The van der Waals surface area contributed by atoms with Crippen LogP contribution in [-0.4, -0.2) is 94.2 Å². The topological polar surface area (TPSA) is 198 Å². The summed E-state index contributed by atoms with van der Waals surface area (Å²) in [7, 11) is 0. The Morgan fingerprint density at radius 3 is 2.16 bits per heavy atom. The average molecular weight is 790 g/mol. The molecule has 1 aromatic rings. The summed E-state index contributed by atoms with van der Waals surface area (Å²) in [6, 6.07) is 7.33. The van der Waals surface area contributed by atoms with Gasteiger partial charge in [-0.15, -0.1) is 0 Å². The first-order valence-electron chi connectivity index (χ1n) is 16.4. The molecular weight excluding hydrogens is 739 g/mol. The third-order valence-corrected chi connectivity index (χ3v) is 11.4. The maximum Gasteiger partial charge on any atom is 0.338 e. The van der Waals surface area contributed by atoms with Crippen molar-refractivity contribution in [1.82, 2.24) is 0 Å². The number of hydrogen-bond donors (Lipinski definition) is 3. The zero-order valence-electron chi connectivity index (χ0n) is 29.7. The molecule has 1 saturated heterocycles. The monoisotopic (exact) mass is 789 g/mol. The minimum atomic E-state index is -2.21. The van der Waals surface area contributed by atoms with Crippen LogP contribution in [0.4, 0.5) is 0 Å². The number of benzene rings is 1. The maximum atomic E-state index is 15.2. The zero-order valence-corrected chi connectivity index (χ0v) is 32.5. The molecule has 2 saturated carbocycles. The van der Waals surface area contributed by atoms with E-state index < -0.39 is 94.2 Å². The van der Waals surface area contributed by atoms with E-state index in [2.05, 4.69) is 0 Å². The molecule has 51 heavy (non-hydrogen) atoms. The Balaban J connectivity index is 0.00000351. The van der Waals surface area contributed by atoms with Gasteiger partial charge in [-0.2, -0.15) is 6.92 Å². The number of ketones is 1. The smallest absolute Gasteiger partial charge is 0.338 e.